The molecule has 1 fully saturated rings. The summed E-state index contributed by atoms with van der Waals surface area (Å²) in [4.78, 5) is 72.6. The van der Waals surface area contributed by atoms with Gasteiger partial charge in [0.15, 0.2) is 6.04 Å². The molecule has 1 saturated heterocycles. The second kappa shape index (κ2) is 12.6. The minimum atomic E-state index is -1.21. The van der Waals surface area contributed by atoms with E-state index in [1.165, 1.54) is 65.2 Å². The number of nitro groups is 2. The van der Waals surface area contributed by atoms with E-state index < -0.39 is 51.1 Å². The van der Waals surface area contributed by atoms with E-state index in [1.54, 1.807) is 12.3 Å². The molecule has 15 heteroatoms. The Kier molecular flexibility index (Phi) is 8.97. The van der Waals surface area contributed by atoms with Crippen LogP contribution in [0.5, 0.6) is 0 Å². The molecule has 41 heavy (non-hydrogen) atoms. The van der Waals surface area contributed by atoms with Crippen LogP contribution in [0.4, 0.5) is 11.4 Å². The lowest BCUT2D eigenvalue weighted by molar-refractivity contribution is -0.385. The van der Waals surface area contributed by atoms with Gasteiger partial charge in [0, 0.05) is 36.3 Å². The number of hydrogen-bond acceptors (Lipinski definition) is 11. The largest absolute Gasteiger partial charge is 0.461 e. The van der Waals surface area contributed by atoms with Crippen molar-refractivity contribution in [3.63, 3.8) is 0 Å². The van der Waals surface area contributed by atoms with Crippen LogP contribution in [0, 0.1) is 20.2 Å². The number of β-lactam (4-membered cyclic amide) rings is 1. The van der Waals surface area contributed by atoms with Gasteiger partial charge in [0.05, 0.1) is 16.3 Å². The summed E-state index contributed by atoms with van der Waals surface area (Å²) in [6.45, 7) is 1.15. The van der Waals surface area contributed by atoms with Gasteiger partial charge in [0.1, 0.15) is 24.6 Å². The number of carbonyl (C=O) groups is 4. The Labute approximate surface area is 237 Å². The van der Waals surface area contributed by atoms with Crippen molar-refractivity contribution in [3.8, 4) is 0 Å². The molecule has 2 aromatic rings. The molecule has 14 nitrogen and oxygen atoms in total. The van der Waals surface area contributed by atoms with Crippen molar-refractivity contribution in [3.05, 3.63) is 90.9 Å². The summed E-state index contributed by atoms with van der Waals surface area (Å²) >= 11 is 1.18. The zero-order valence-electron chi connectivity index (χ0n) is 21.6. The molecule has 4 rings (SSSR count). The summed E-state index contributed by atoms with van der Waals surface area (Å²) in [5, 5.41) is 25.3. The Hall–Kier alpha value is -4.79. The van der Waals surface area contributed by atoms with Crippen LogP contribution in [-0.4, -0.2) is 62.6 Å². The Balaban J connectivity index is 1.44. The molecule has 2 aliphatic heterocycles. The minimum Gasteiger partial charge on any atom is -0.461 e. The van der Waals surface area contributed by atoms with Crippen molar-refractivity contribution < 1.29 is 38.5 Å². The van der Waals surface area contributed by atoms with Gasteiger partial charge in [-0.3, -0.25) is 34.6 Å². The maximum Gasteiger partial charge on any atom is 0.333 e. The van der Waals surface area contributed by atoms with Crippen LogP contribution in [0.1, 0.15) is 24.5 Å². The number of ether oxygens (including phenoxy) is 2. The molecule has 2 unspecified atom stereocenters. The highest BCUT2D eigenvalue weighted by molar-refractivity contribution is 8.03. The molecule has 3 atom stereocenters. The molecule has 2 heterocycles. The van der Waals surface area contributed by atoms with Gasteiger partial charge in [0.25, 0.3) is 11.4 Å². The SMILES string of the molecule is CCC(=O)OCC1=CS[C@@H]2C(NC(=O)Cc3ccc([N+](=O)[O-])cc3)C(=O)N2C1C(=O)OCc1ccc([N+](=O)[O-])cc1. The number of nitro benzene ring substituents is 2. The van der Waals surface area contributed by atoms with Crippen LogP contribution in [0.3, 0.4) is 0 Å². The van der Waals surface area contributed by atoms with E-state index in [9.17, 15) is 39.4 Å². The topological polar surface area (TPSA) is 188 Å². The third kappa shape index (κ3) is 6.69. The fourth-order valence-electron chi connectivity index (χ4n) is 4.17. The number of nitrogens with one attached hydrogen (secondary N) is 1. The van der Waals surface area contributed by atoms with Crippen LogP contribution in [0.25, 0.3) is 0 Å². The first-order valence-electron chi connectivity index (χ1n) is 12.3. The third-order valence-electron chi connectivity index (χ3n) is 6.34. The predicted octanol–water partition coefficient (Wildman–Crippen LogP) is 2.39. The lowest BCUT2D eigenvalue weighted by Gasteiger charge is -2.51. The van der Waals surface area contributed by atoms with E-state index >= 15 is 0 Å². The molecule has 0 saturated carbocycles. The van der Waals surface area contributed by atoms with Crippen LogP contribution in [0.2, 0.25) is 0 Å². The van der Waals surface area contributed by atoms with Crippen LogP contribution in [-0.2, 0) is 41.7 Å². The van der Waals surface area contributed by atoms with Gasteiger partial charge in [0.2, 0.25) is 11.8 Å². The van der Waals surface area contributed by atoms with Gasteiger partial charge < -0.3 is 19.7 Å². The summed E-state index contributed by atoms with van der Waals surface area (Å²) in [5.74, 6) is -2.32. The Morgan fingerprint density at radius 2 is 1.51 bits per heavy atom. The molecule has 2 amide bonds. The Morgan fingerprint density at radius 3 is 2.07 bits per heavy atom. The smallest absolute Gasteiger partial charge is 0.333 e. The van der Waals surface area contributed by atoms with Crippen molar-refractivity contribution >= 4 is 46.9 Å². The molecule has 0 aliphatic carbocycles. The first-order valence-corrected chi connectivity index (χ1v) is 13.3. The van der Waals surface area contributed by atoms with E-state index in [-0.39, 0.29) is 37.4 Å². The zero-order valence-corrected chi connectivity index (χ0v) is 22.4. The van der Waals surface area contributed by atoms with Crippen LogP contribution < -0.4 is 5.32 Å². The van der Waals surface area contributed by atoms with Crippen molar-refractivity contribution in [2.75, 3.05) is 6.61 Å². The van der Waals surface area contributed by atoms with E-state index in [4.69, 9.17) is 9.47 Å². The van der Waals surface area contributed by atoms with Crippen LogP contribution >= 0.6 is 11.8 Å². The van der Waals surface area contributed by atoms with Gasteiger partial charge in [-0.25, -0.2) is 4.79 Å². The Bertz CT molecular complexity index is 1410. The van der Waals surface area contributed by atoms with Gasteiger partial charge in [-0.1, -0.05) is 19.1 Å². The fraction of sp³-hybridized carbons (Fsp3) is 0.308. The second-order valence-corrected chi connectivity index (χ2v) is 10.0. The molecule has 2 aromatic carbocycles. The minimum absolute atomic E-state index is 0.115. The molecule has 0 aromatic heterocycles. The maximum atomic E-state index is 13.2. The average Bonchev–Trinajstić information content (AvgIpc) is 2.97. The molecule has 0 spiro atoms. The molecule has 0 bridgehead atoms. The third-order valence-corrected chi connectivity index (χ3v) is 7.55. The zero-order chi connectivity index (χ0) is 29.7. The predicted molar refractivity (Wildman–Crippen MR) is 143 cm³/mol. The highest BCUT2D eigenvalue weighted by Gasteiger charge is 2.56. The summed E-state index contributed by atoms with van der Waals surface area (Å²) in [6.07, 6.45) is -0.00224. The Morgan fingerprint density at radius 1 is 0.927 bits per heavy atom. The number of amides is 2. The quantitative estimate of drug-likeness (QED) is 0.177. The fourth-order valence-corrected chi connectivity index (χ4v) is 5.38. The average molecular weight is 585 g/mol. The number of nitrogens with zero attached hydrogens (tertiary/aromatic N) is 3. The number of thioether (sulfide) groups is 1. The van der Waals surface area contributed by atoms with Gasteiger partial charge >= 0.3 is 11.9 Å². The molecule has 214 valence electrons. The van der Waals surface area contributed by atoms with Gasteiger partial charge in [-0.15, -0.1) is 11.8 Å². The molecule has 0 radical (unpaired) electrons. The molecular formula is C26H24N4O10S. The first-order chi connectivity index (χ1) is 19.6. The van der Waals surface area contributed by atoms with E-state index in [0.29, 0.717) is 16.7 Å². The molecule has 2 aliphatic rings. The number of rotatable bonds is 11. The number of hydrogen-bond donors (Lipinski definition) is 1. The van der Waals surface area contributed by atoms with Gasteiger partial charge in [-0.05, 0) is 28.7 Å². The number of esters is 2. The summed E-state index contributed by atoms with van der Waals surface area (Å²) in [5.41, 5.74) is 1.09. The second-order valence-electron chi connectivity index (χ2n) is 9.06. The van der Waals surface area contributed by atoms with Crippen molar-refractivity contribution in [1.82, 2.24) is 10.2 Å². The number of benzene rings is 2. The lowest BCUT2D eigenvalue weighted by Crippen LogP contribution is -2.74. The van der Waals surface area contributed by atoms with Crippen molar-refractivity contribution in [1.29, 1.82) is 0 Å². The lowest BCUT2D eigenvalue weighted by atomic mass is 9.98. The summed E-state index contributed by atoms with van der Waals surface area (Å²) < 4.78 is 10.6. The highest BCUT2D eigenvalue weighted by atomic mass is 32.2. The molecule has 1 N–H and O–H groups in total. The first kappa shape index (κ1) is 29.2. The van der Waals surface area contributed by atoms with Crippen molar-refractivity contribution in [2.24, 2.45) is 0 Å². The van der Waals surface area contributed by atoms with Crippen molar-refractivity contribution in [2.45, 2.75) is 43.8 Å². The summed E-state index contributed by atoms with van der Waals surface area (Å²) in [6, 6.07) is 8.74. The number of non-ortho nitro benzene ring substituents is 2. The van der Waals surface area contributed by atoms with Crippen LogP contribution in [0.15, 0.2) is 59.5 Å². The van der Waals surface area contributed by atoms with E-state index in [2.05, 4.69) is 5.32 Å². The monoisotopic (exact) mass is 584 g/mol. The van der Waals surface area contributed by atoms with E-state index in [0.717, 1.165) is 0 Å². The van der Waals surface area contributed by atoms with E-state index in [1.807, 2.05) is 0 Å². The summed E-state index contributed by atoms with van der Waals surface area (Å²) in [7, 11) is 0. The standard InChI is InChI=1S/C26H24N4O10S/c1-2-21(32)39-13-17-14-41-25-22(27-20(31)11-15-3-7-18(8-4-15)29(35)36)24(33)28(25)23(17)26(34)40-12-16-5-9-19(10-6-16)30(37)38/h3-10,14,22-23,25H,2,11-13H2,1H3,(H,27,31)/t22?,23?,25-/m1/s1. The molecular weight excluding hydrogens is 560 g/mol. The van der Waals surface area contributed by atoms with Gasteiger partial charge in [-0.2, -0.15) is 0 Å². The normalized spacial score (nSPS) is 19.2. The number of carbonyl (C=O) groups excluding carboxylic acids is 4. The highest BCUT2D eigenvalue weighted by Crippen LogP contribution is 2.40. The maximum absolute atomic E-state index is 13.2. The number of fused-ring (bicyclic) bond motifs is 1.